The average molecular weight is 390 g/mol. The Balaban J connectivity index is 1.65. The van der Waals surface area contributed by atoms with Gasteiger partial charge in [-0.25, -0.2) is 9.69 Å². The number of benzene rings is 1. The van der Waals surface area contributed by atoms with Crippen LogP contribution in [0.15, 0.2) is 55.1 Å². The number of nitrogens with zero attached hydrogens (tertiary/aromatic N) is 2. The van der Waals surface area contributed by atoms with E-state index in [-0.39, 0.29) is 18.6 Å². The summed E-state index contributed by atoms with van der Waals surface area (Å²) in [6.45, 7) is 5.15. The lowest BCUT2D eigenvalue weighted by Gasteiger charge is -2.24. The monoisotopic (exact) mass is 389 g/mol. The zero-order chi connectivity index (χ0) is 18.5. The van der Waals surface area contributed by atoms with E-state index < -0.39 is 6.04 Å². The fourth-order valence-electron chi connectivity index (χ4n) is 2.91. The second-order valence-corrected chi connectivity index (χ2v) is 7.91. The SMILES string of the molecule is C=CCN(Cc1ccc(Cl)s1)CN1C(=O)N[C@H](Cc2ccccc2)C1=O. The number of imide groups is 1. The van der Waals surface area contributed by atoms with Gasteiger partial charge in [0.15, 0.2) is 0 Å². The van der Waals surface area contributed by atoms with Gasteiger partial charge in [0.2, 0.25) is 0 Å². The van der Waals surface area contributed by atoms with E-state index in [4.69, 9.17) is 11.6 Å². The molecule has 0 unspecified atom stereocenters. The van der Waals surface area contributed by atoms with Gasteiger partial charge in [-0.2, -0.15) is 0 Å². The van der Waals surface area contributed by atoms with Crippen LogP contribution in [-0.4, -0.2) is 41.0 Å². The molecule has 1 aromatic carbocycles. The summed E-state index contributed by atoms with van der Waals surface area (Å²) >= 11 is 7.47. The van der Waals surface area contributed by atoms with E-state index in [1.54, 1.807) is 6.08 Å². The summed E-state index contributed by atoms with van der Waals surface area (Å²) in [6, 6.07) is 12.6. The molecule has 2 heterocycles. The van der Waals surface area contributed by atoms with Gasteiger partial charge in [0.1, 0.15) is 6.04 Å². The van der Waals surface area contributed by atoms with Crippen LogP contribution >= 0.6 is 22.9 Å². The number of carbonyl (C=O) groups is 2. The number of nitrogens with one attached hydrogen (secondary N) is 1. The fraction of sp³-hybridized carbons (Fsp3) is 0.263. The first kappa shape index (κ1) is 18.6. The molecule has 0 bridgehead atoms. The molecule has 7 heteroatoms. The van der Waals surface area contributed by atoms with Crippen LogP contribution in [0.4, 0.5) is 4.79 Å². The first-order chi connectivity index (χ1) is 12.6. The standard InChI is InChI=1S/C19H20ClN3O2S/c1-2-10-22(12-15-8-9-17(20)26-15)13-23-18(24)16(21-19(23)25)11-14-6-4-3-5-7-14/h2-9,16H,1,10-13H2,(H,21,25)/t16-/m1/s1. The van der Waals surface area contributed by atoms with Crippen molar-refractivity contribution in [2.24, 2.45) is 0 Å². The van der Waals surface area contributed by atoms with E-state index in [2.05, 4.69) is 11.9 Å². The van der Waals surface area contributed by atoms with Crippen molar-refractivity contribution in [2.75, 3.05) is 13.2 Å². The van der Waals surface area contributed by atoms with Crippen molar-refractivity contribution < 1.29 is 9.59 Å². The van der Waals surface area contributed by atoms with E-state index in [0.717, 1.165) is 14.8 Å². The average Bonchev–Trinajstić information content (AvgIpc) is 3.14. The van der Waals surface area contributed by atoms with Crippen molar-refractivity contribution in [1.29, 1.82) is 0 Å². The molecule has 1 aromatic heterocycles. The van der Waals surface area contributed by atoms with E-state index in [1.807, 2.05) is 47.4 Å². The Bertz CT molecular complexity index is 793. The smallest absolute Gasteiger partial charge is 0.325 e. The third-order valence-corrected chi connectivity index (χ3v) is 5.34. The number of amides is 3. The molecule has 1 atom stereocenters. The molecule has 3 rings (SSSR count). The summed E-state index contributed by atoms with van der Waals surface area (Å²) in [7, 11) is 0. The van der Waals surface area contributed by atoms with Gasteiger partial charge >= 0.3 is 6.03 Å². The van der Waals surface area contributed by atoms with Crippen LogP contribution in [0.5, 0.6) is 0 Å². The van der Waals surface area contributed by atoms with Crippen LogP contribution in [0.3, 0.4) is 0 Å². The van der Waals surface area contributed by atoms with Crippen LogP contribution < -0.4 is 5.32 Å². The minimum Gasteiger partial charge on any atom is -0.325 e. The zero-order valence-electron chi connectivity index (χ0n) is 14.2. The predicted octanol–water partition coefficient (Wildman–Crippen LogP) is 3.51. The fourth-order valence-corrected chi connectivity index (χ4v) is 4.04. The third-order valence-electron chi connectivity index (χ3n) is 4.13. The van der Waals surface area contributed by atoms with Gasteiger partial charge in [-0.05, 0) is 17.7 Å². The molecule has 1 aliphatic heterocycles. The molecule has 1 saturated heterocycles. The van der Waals surface area contributed by atoms with E-state index >= 15 is 0 Å². The summed E-state index contributed by atoms with van der Waals surface area (Å²) in [4.78, 5) is 29.3. The van der Waals surface area contributed by atoms with Crippen molar-refractivity contribution in [3.05, 3.63) is 69.9 Å². The van der Waals surface area contributed by atoms with Crippen LogP contribution in [-0.2, 0) is 17.8 Å². The van der Waals surface area contributed by atoms with E-state index in [1.165, 1.54) is 16.2 Å². The molecule has 26 heavy (non-hydrogen) atoms. The Labute approximate surface area is 161 Å². The minimum atomic E-state index is -0.522. The van der Waals surface area contributed by atoms with Gasteiger partial charge in [-0.15, -0.1) is 17.9 Å². The molecule has 0 saturated carbocycles. The zero-order valence-corrected chi connectivity index (χ0v) is 15.8. The lowest BCUT2D eigenvalue weighted by molar-refractivity contribution is -0.128. The third kappa shape index (κ3) is 4.52. The first-order valence-electron chi connectivity index (χ1n) is 8.30. The topological polar surface area (TPSA) is 52.6 Å². The lowest BCUT2D eigenvalue weighted by Crippen LogP contribution is -2.41. The second-order valence-electron chi connectivity index (χ2n) is 6.11. The first-order valence-corrected chi connectivity index (χ1v) is 9.49. The Morgan fingerprint density at radius 1 is 1.23 bits per heavy atom. The lowest BCUT2D eigenvalue weighted by atomic mass is 10.1. The molecular weight excluding hydrogens is 370 g/mol. The Hall–Kier alpha value is -2.15. The number of thiophene rings is 1. The maximum atomic E-state index is 12.7. The molecule has 1 aliphatic rings. The highest BCUT2D eigenvalue weighted by Crippen LogP contribution is 2.23. The van der Waals surface area contributed by atoms with Crippen LogP contribution in [0.25, 0.3) is 0 Å². The molecule has 3 amide bonds. The maximum Gasteiger partial charge on any atom is 0.325 e. The Morgan fingerprint density at radius 3 is 2.65 bits per heavy atom. The van der Waals surface area contributed by atoms with Gasteiger partial charge in [0.05, 0.1) is 11.0 Å². The van der Waals surface area contributed by atoms with E-state index in [9.17, 15) is 9.59 Å². The highest BCUT2D eigenvalue weighted by molar-refractivity contribution is 7.16. The number of carbonyl (C=O) groups excluding carboxylic acids is 2. The minimum absolute atomic E-state index is 0.197. The summed E-state index contributed by atoms with van der Waals surface area (Å²) in [6.07, 6.45) is 2.25. The molecule has 136 valence electrons. The molecular formula is C19H20ClN3O2S. The summed E-state index contributed by atoms with van der Waals surface area (Å²) < 4.78 is 0.719. The molecule has 1 fully saturated rings. The van der Waals surface area contributed by atoms with Crippen LogP contribution in [0.2, 0.25) is 4.34 Å². The maximum absolute atomic E-state index is 12.7. The van der Waals surface area contributed by atoms with Crippen molar-refractivity contribution in [2.45, 2.75) is 19.0 Å². The van der Waals surface area contributed by atoms with Crippen molar-refractivity contribution >= 4 is 34.9 Å². The quantitative estimate of drug-likeness (QED) is 0.555. The molecule has 0 radical (unpaired) electrons. The molecule has 0 aliphatic carbocycles. The largest absolute Gasteiger partial charge is 0.325 e. The molecule has 5 nitrogen and oxygen atoms in total. The number of rotatable bonds is 8. The Kier molecular flexibility index (Phi) is 6.08. The molecule has 2 aromatic rings. The van der Waals surface area contributed by atoms with Crippen molar-refractivity contribution in [3.8, 4) is 0 Å². The van der Waals surface area contributed by atoms with Crippen molar-refractivity contribution in [1.82, 2.24) is 15.1 Å². The Morgan fingerprint density at radius 2 is 2.00 bits per heavy atom. The van der Waals surface area contributed by atoms with Crippen LogP contribution in [0.1, 0.15) is 10.4 Å². The number of urea groups is 1. The summed E-state index contributed by atoms with van der Waals surface area (Å²) in [5, 5.41) is 2.78. The van der Waals surface area contributed by atoms with Gasteiger partial charge < -0.3 is 5.32 Å². The van der Waals surface area contributed by atoms with Gasteiger partial charge in [0, 0.05) is 24.4 Å². The summed E-state index contributed by atoms with van der Waals surface area (Å²) in [5.41, 5.74) is 1.02. The number of halogens is 1. The van der Waals surface area contributed by atoms with Gasteiger partial charge in [-0.3, -0.25) is 9.69 Å². The van der Waals surface area contributed by atoms with Gasteiger partial charge in [-0.1, -0.05) is 48.0 Å². The van der Waals surface area contributed by atoms with Gasteiger partial charge in [0.25, 0.3) is 5.91 Å². The van der Waals surface area contributed by atoms with Crippen LogP contribution in [0, 0.1) is 0 Å². The molecule has 1 N–H and O–H groups in total. The van der Waals surface area contributed by atoms with Crippen molar-refractivity contribution in [3.63, 3.8) is 0 Å². The van der Waals surface area contributed by atoms with E-state index in [0.29, 0.717) is 19.5 Å². The molecule has 0 spiro atoms. The summed E-state index contributed by atoms with van der Waals surface area (Å²) in [5.74, 6) is -0.197. The number of hydrogen-bond donors (Lipinski definition) is 1. The normalized spacial score (nSPS) is 17.0. The highest BCUT2D eigenvalue weighted by Gasteiger charge is 2.38. The number of hydrogen-bond acceptors (Lipinski definition) is 4. The second kappa shape index (κ2) is 8.49. The predicted molar refractivity (Wildman–Crippen MR) is 104 cm³/mol. The highest BCUT2D eigenvalue weighted by atomic mass is 35.5.